The molecule has 0 unspecified atom stereocenters. The van der Waals surface area contributed by atoms with E-state index in [4.69, 9.17) is 0 Å². The van der Waals surface area contributed by atoms with Crippen molar-refractivity contribution in [1.82, 2.24) is 19.6 Å². The van der Waals surface area contributed by atoms with E-state index in [0.29, 0.717) is 0 Å². The molecule has 224 valence electrons. The van der Waals surface area contributed by atoms with Crippen LogP contribution in [0.25, 0.3) is 0 Å². The van der Waals surface area contributed by atoms with Gasteiger partial charge >= 0.3 is 0 Å². The number of halogens is 12. The molecule has 2 aromatic carbocycles. The lowest BCUT2D eigenvalue weighted by atomic mass is 10.2. The van der Waals surface area contributed by atoms with Crippen LogP contribution in [0.15, 0.2) is 0 Å². The first-order valence-corrected chi connectivity index (χ1v) is 16.4. The second-order valence-corrected chi connectivity index (χ2v) is 13.4. The van der Waals surface area contributed by atoms with Crippen LogP contribution in [0.4, 0.5) is 35.1 Å². The molecule has 16 heteroatoms. The Morgan fingerprint density at radius 1 is 0.275 bits per heavy atom. The van der Waals surface area contributed by atoms with E-state index in [1.54, 1.807) is 0 Å². The molecule has 0 radical (unpaired) electrons. The first-order valence-electron chi connectivity index (χ1n) is 12.1. The third-order valence-corrected chi connectivity index (χ3v) is 12.8. The minimum absolute atomic E-state index is 0.246. The van der Waals surface area contributed by atoms with Crippen LogP contribution in [0.1, 0.15) is 0 Å². The molecule has 8 rings (SSSR count). The molecule has 6 heterocycles. The molecule has 0 aliphatic carbocycles. The average Bonchev–Trinajstić information content (AvgIpc) is 3.02. The molecule has 4 bridgehead atoms. The maximum absolute atomic E-state index is 12.6. The van der Waals surface area contributed by atoms with E-state index in [0.717, 1.165) is 0 Å². The van der Waals surface area contributed by atoms with E-state index in [1.165, 1.54) is 169 Å². The number of rotatable bonds is 0. The van der Waals surface area contributed by atoms with Crippen LogP contribution in [-0.4, -0.2) is 98.1 Å². The summed E-state index contributed by atoms with van der Waals surface area (Å²) in [5.41, 5.74) is 0. The Bertz CT molecular complexity index is 845. The number of fused-ring (bicyclic) bond motifs is 6. The molecule has 0 spiro atoms. The minimum Gasteiger partial charge on any atom is -0.300 e. The quantitative estimate of drug-likeness (QED) is 0.136. The summed E-state index contributed by atoms with van der Waals surface area (Å²) in [7, 11) is 0. The fraction of sp³-hybridized carbons (Fsp3) is 0.500. The summed E-state index contributed by atoms with van der Waals surface area (Å²) in [6, 6.07) is 0. The molecule has 6 saturated heterocycles. The zero-order valence-corrected chi connectivity index (χ0v) is 29.4. The number of hydrogen-bond donors (Lipinski definition) is 0. The van der Waals surface area contributed by atoms with Gasteiger partial charge in [0.1, 0.15) is 0 Å². The Balaban J connectivity index is 0.000000149. The maximum atomic E-state index is 12.6. The number of benzene rings is 2. The van der Waals surface area contributed by atoms with Gasteiger partial charge in [0, 0.05) is 78.5 Å². The van der Waals surface area contributed by atoms with Crippen molar-refractivity contribution in [1.29, 1.82) is 0 Å². The van der Waals surface area contributed by atoms with Crippen LogP contribution in [-0.2, 0) is 0 Å². The van der Waals surface area contributed by atoms with Crippen LogP contribution >= 0.6 is 90.4 Å². The standard InChI is InChI=1S/2C6F4I2.2C6H12N2/c2*7-1-2(8)4(10)6(12)5(11)3(1)9;2*1-2-8-5-3-7(1)4-6-8/h;;2*1-6H2. The summed E-state index contributed by atoms with van der Waals surface area (Å²) < 4.78 is 99.3. The lowest BCUT2D eigenvalue weighted by Gasteiger charge is -2.41. The van der Waals surface area contributed by atoms with Gasteiger partial charge in [-0.15, -0.1) is 0 Å². The highest BCUT2D eigenvalue weighted by atomic mass is 127. The summed E-state index contributed by atoms with van der Waals surface area (Å²) in [5.74, 6) is -12.5. The summed E-state index contributed by atoms with van der Waals surface area (Å²) >= 11 is 5.63. The zero-order valence-electron chi connectivity index (χ0n) is 20.8. The lowest BCUT2D eigenvalue weighted by Crippen LogP contribution is -2.55. The molecule has 2 aromatic rings. The molecule has 0 N–H and O–H groups in total. The van der Waals surface area contributed by atoms with Gasteiger partial charge in [0.25, 0.3) is 0 Å². The van der Waals surface area contributed by atoms with Gasteiger partial charge in [0.2, 0.25) is 0 Å². The largest absolute Gasteiger partial charge is 0.300 e. The van der Waals surface area contributed by atoms with E-state index in [-0.39, 0.29) is 14.3 Å². The van der Waals surface area contributed by atoms with Gasteiger partial charge in [0.15, 0.2) is 46.5 Å². The van der Waals surface area contributed by atoms with Crippen molar-refractivity contribution in [3.63, 3.8) is 0 Å². The van der Waals surface area contributed by atoms with Gasteiger partial charge in [-0.3, -0.25) is 19.6 Å². The first kappa shape index (κ1) is 35.1. The molecular formula is C24H24F8I4N4. The van der Waals surface area contributed by atoms with E-state index in [9.17, 15) is 35.1 Å². The number of nitrogens with zero attached hydrogens (tertiary/aromatic N) is 4. The summed E-state index contributed by atoms with van der Waals surface area (Å²) in [5, 5.41) is 0. The molecule has 6 fully saturated rings. The third kappa shape index (κ3) is 8.85. The van der Waals surface area contributed by atoms with Gasteiger partial charge in [-0.1, -0.05) is 0 Å². The second-order valence-electron chi connectivity index (χ2n) is 9.13. The Hall–Kier alpha value is 0.640. The highest BCUT2D eigenvalue weighted by molar-refractivity contribution is 14.1. The Labute approximate surface area is 281 Å². The molecule has 0 aromatic heterocycles. The molecule has 40 heavy (non-hydrogen) atoms. The van der Waals surface area contributed by atoms with E-state index >= 15 is 0 Å². The summed E-state index contributed by atoms with van der Waals surface area (Å²) in [4.78, 5) is 10.2. The van der Waals surface area contributed by atoms with Crippen molar-refractivity contribution in [3.8, 4) is 0 Å². The Kier molecular flexibility index (Phi) is 14.1. The van der Waals surface area contributed by atoms with Crippen molar-refractivity contribution in [2.45, 2.75) is 0 Å². The number of hydrogen-bond acceptors (Lipinski definition) is 4. The summed E-state index contributed by atoms with van der Waals surface area (Å²) in [6.45, 7) is 15.8. The van der Waals surface area contributed by atoms with Gasteiger partial charge in [0.05, 0.1) is 14.3 Å². The van der Waals surface area contributed by atoms with Crippen LogP contribution in [0.3, 0.4) is 0 Å². The van der Waals surface area contributed by atoms with Crippen LogP contribution in [0, 0.1) is 60.8 Å². The molecule has 6 aliphatic heterocycles. The Morgan fingerprint density at radius 2 is 0.400 bits per heavy atom. The SMILES string of the molecule is C1CN2CCN1CC2.C1CN2CCN1CC2.Fc1c(F)c(F)c(I)c(I)c1F.Fc1c(F)c(F)c(I)c(I)c1F. The van der Waals surface area contributed by atoms with Crippen LogP contribution in [0.2, 0.25) is 0 Å². The molecular weight excluding hydrogens is 1000 g/mol. The fourth-order valence-corrected chi connectivity index (χ4v) is 6.09. The van der Waals surface area contributed by atoms with Crippen molar-refractivity contribution in [3.05, 3.63) is 60.8 Å². The molecule has 4 nitrogen and oxygen atoms in total. The highest BCUT2D eigenvalue weighted by Gasteiger charge is 2.24. The molecule has 6 aliphatic rings. The third-order valence-electron chi connectivity index (χ3n) is 6.71. The van der Waals surface area contributed by atoms with Crippen LogP contribution < -0.4 is 0 Å². The van der Waals surface area contributed by atoms with Crippen molar-refractivity contribution >= 4 is 90.4 Å². The van der Waals surface area contributed by atoms with Crippen molar-refractivity contribution in [2.24, 2.45) is 0 Å². The van der Waals surface area contributed by atoms with E-state index < -0.39 is 46.5 Å². The molecule has 0 atom stereocenters. The minimum atomic E-state index is -1.77. The smallest absolute Gasteiger partial charge is 0.198 e. The lowest BCUT2D eigenvalue weighted by molar-refractivity contribution is 0.0647. The van der Waals surface area contributed by atoms with Crippen molar-refractivity contribution < 1.29 is 35.1 Å². The topological polar surface area (TPSA) is 13.0 Å². The average molecular weight is 1030 g/mol. The van der Waals surface area contributed by atoms with Gasteiger partial charge in [-0.05, 0) is 90.4 Å². The van der Waals surface area contributed by atoms with Crippen LogP contribution in [0.5, 0.6) is 0 Å². The maximum Gasteiger partial charge on any atom is 0.198 e. The molecule has 0 amide bonds. The van der Waals surface area contributed by atoms with Gasteiger partial charge in [-0.2, -0.15) is 0 Å². The Morgan fingerprint density at radius 3 is 0.500 bits per heavy atom. The van der Waals surface area contributed by atoms with E-state index in [1.807, 2.05) is 0 Å². The predicted octanol–water partition coefficient (Wildman–Crippen LogP) is 6.14. The fourth-order valence-electron chi connectivity index (χ4n) is 4.19. The van der Waals surface area contributed by atoms with Crippen molar-refractivity contribution in [2.75, 3.05) is 78.5 Å². The highest BCUT2D eigenvalue weighted by Crippen LogP contribution is 2.27. The predicted molar refractivity (Wildman–Crippen MR) is 169 cm³/mol. The zero-order chi connectivity index (χ0) is 29.7. The number of piperazine rings is 6. The van der Waals surface area contributed by atoms with Gasteiger partial charge < -0.3 is 0 Å². The first-order chi connectivity index (χ1) is 18.8. The normalized spacial score (nSPS) is 24.3. The second kappa shape index (κ2) is 16.1. The van der Waals surface area contributed by atoms with Gasteiger partial charge in [-0.25, -0.2) is 35.1 Å². The summed E-state index contributed by atoms with van der Waals surface area (Å²) in [6.07, 6.45) is 0. The molecule has 0 saturated carbocycles. The monoisotopic (exact) mass is 1030 g/mol. The van der Waals surface area contributed by atoms with E-state index in [2.05, 4.69) is 19.6 Å².